The Balaban J connectivity index is 1.63. The number of hydrogen-bond donors (Lipinski definition) is 2. The Kier molecular flexibility index (Phi) is 4.75. The van der Waals surface area contributed by atoms with E-state index in [-0.39, 0.29) is 17.4 Å². The number of benzene rings is 3. The molecule has 0 saturated carbocycles. The van der Waals surface area contributed by atoms with E-state index in [2.05, 4.69) is 16.7 Å². The van der Waals surface area contributed by atoms with Gasteiger partial charge in [-0.1, -0.05) is 60.7 Å². The number of allylic oxidation sites excluding steroid dienone is 1. The number of carbonyl (C=O) groups is 1. The molecule has 2 N–H and O–H groups in total. The number of non-ortho nitro benzene ring substituents is 1. The largest absolute Gasteiger partial charge is 0.375 e. The number of nitrogens with zero attached hydrogens (tertiary/aromatic N) is 1. The standard InChI is InChI=1S/C25H21N3O3/c29-23-15-18(16-7-2-1-3-8-16)14-22-24(23)25(17-9-6-10-19(13-17)28(30)31)27-21-12-5-4-11-20(21)26-22/h1-14,18,24-27H,15H2. The number of hydrogen-bond acceptors (Lipinski definition) is 5. The molecule has 154 valence electrons. The number of nitro benzene ring substituents is 1. The maximum Gasteiger partial charge on any atom is 0.269 e. The maximum atomic E-state index is 13.5. The number of anilines is 2. The highest BCUT2D eigenvalue weighted by molar-refractivity contribution is 5.90. The molecule has 6 heteroatoms. The molecule has 0 fully saturated rings. The zero-order valence-electron chi connectivity index (χ0n) is 16.7. The van der Waals surface area contributed by atoms with Crippen LogP contribution in [0.15, 0.2) is 90.6 Å². The van der Waals surface area contributed by atoms with E-state index in [0.717, 1.165) is 28.2 Å². The Bertz CT molecular complexity index is 1190. The van der Waals surface area contributed by atoms with Gasteiger partial charge in [0.05, 0.1) is 28.3 Å². The number of rotatable bonds is 3. The number of nitro groups is 1. The fourth-order valence-corrected chi connectivity index (χ4v) is 4.53. The lowest BCUT2D eigenvalue weighted by molar-refractivity contribution is -0.384. The van der Waals surface area contributed by atoms with Gasteiger partial charge in [0.2, 0.25) is 0 Å². The summed E-state index contributed by atoms with van der Waals surface area (Å²) in [6.45, 7) is 0. The van der Waals surface area contributed by atoms with Crippen molar-refractivity contribution in [2.75, 3.05) is 10.6 Å². The van der Waals surface area contributed by atoms with Crippen LogP contribution in [0.4, 0.5) is 17.1 Å². The SMILES string of the molecule is O=C1CC(c2ccccc2)C=C2Nc3ccccc3NC(c3cccc([N+](=O)[O-])c3)C12. The number of ketones is 1. The van der Waals surface area contributed by atoms with Crippen molar-refractivity contribution in [3.8, 4) is 0 Å². The van der Waals surface area contributed by atoms with Gasteiger partial charge in [0.25, 0.3) is 5.69 Å². The quantitative estimate of drug-likeness (QED) is 0.443. The first-order valence-electron chi connectivity index (χ1n) is 10.3. The van der Waals surface area contributed by atoms with Gasteiger partial charge in [-0.25, -0.2) is 0 Å². The van der Waals surface area contributed by atoms with Gasteiger partial charge in [0, 0.05) is 30.2 Å². The van der Waals surface area contributed by atoms with Crippen LogP contribution in [0.5, 0.6) is 0 Å². The molecule has 5 rings (SSSR count). The average Bonchev–Trinajstić information content (AvgIpc) is 2.96. The van der Waals surface area contributed by atoms with Crippen molar-refractivity contribution in [2.24, 2.45) is 5.92 Å². The molecule has 0 spiro atoms. The molecule has 3 aromatic rings. The zero-order chi connectivity index (χ0) is 21.4. The molecule has 3 unspecified atom stereocenters. The first-order chi connectivity index (χ1) is 15.1. The van der Waals surface area contributed by atoms with E-state index >= 15 is 0 Å². The number of para-hydroxylation sites is 2. The average molecular weight is 411 g/mol. The molecule has 1 aliphatic carbocycles. The van der Waals surface area contributed by atoms with Gasteiger partial charge in [-0.15, -0.1) is 0 Å². The van der Waals surface area contributed by atoms with Crippen LogP contribution in [0, 0.1) is 16.0 Å². The summed E-state index contributed by atoms with van der Waals surface area (Å²) in [7, 11) is 0. The summed E-state index contributed by atoms with van der Waals surface area (Å²) in [6, 6.07) is 23.9. The Morgan fingerprint density at radius 3 is 2.35 bits per heavy atom. The lowest BCUT2D eigenvalue weighted by Gasteiger charge is -2.32. The maximum absolute atomic E-state index is 13.5. The van der Waals surface area contributed by atoms with Crippen LogP contribution in [0.2, 0.25) is 0 Å². The Morgan fingerprint density at radius 1 is 0.871 bits per heavy atom. The molecular weight excluding hydrogens is 390 g/mol. The third kappa shape index (κ3) is 3.57. The summed E-state index contributed by atoms with van der Waals surface area (Å²) in [5.74, 6) is -0.367. The van der Waals surface area contributed by atoms with Gasteiger partial charge in [0.1, 0.15) is 5.78 Å². The van der Waals surface area contributed by atoms with Gasteiger partial charge < -0.3 is 10.6 Å². The molecule has 6 nitrogen and oxygen atoms in total. The van der Waals surface area contributed by atoms with E-state index in [1.807, 2.05) is 60.7 Å². The van der Waals surface area contributed by atoms with E-state index in [0.29, 0.717) is 6.42 Å². The highest BCUT2D eigenvalue weighted by Crippen LogP contribution is 2.44. The van der Waals surface area contributed by atoms with Crippen molar-refractivity contribution < 1.29 is 9.72 Å². The van der Waals surface area contributed by atoms with Crippen LogP contribution in [0.1, 0.15) is 29.5 Å². The molecule has 0 radical (unpaired) electrons. The van der Waals surface area contributed by atoms with Crippen molar-refractivity contribution in [2.45, 2.75) is 18.4 Å². The molecule has 0 amide bonds. The fraction of sp³-hybridized carbons (Fsp3) is 0.160. The minimum atomic E-state index is -0.464. The molecule has 0 saturated heterocycles. The second-order valence-corrected chi connectivity index (χ2v) is 7.93. The van der Waals surface area contributed by atoms with E-state index in [1.165, 1.54) is 6.07 Å². The number of Topliss-reactive ketones (excluding diaryl/α,β-unsaturated/α-hetero) is 1. The van der Waals surface area contributed by atoms with Crippen molar-refractivity contribution in [3.05, 3.63) is 112 Å². The van der Waals surface area contributed by atoms with E-state index in [9.17, 15) is 14.9 Å². The highest BCUT2D eigenvalue weighted by atomic mass is 16.6. The molecule has 3 atom stereocenters. The molecule has 2 aliphatic rings. The third-order valence-electron chi connectivity index (χ3n) is 6.00. The van der Waals surface area contributed by atoms with Gasteiger partial charge in [0.15, 0.2) is 0 Å². The Morgan fingerprint density at radius 2 is 1.58 bits per heavy atom. The predicted octanol–water partition coefficient (Wildman–Crippen LogP) is 5.43. The summed E-state index contributed by atoms with van der Waals surface area (Å²) >= 11 is 0. The van der Waals surface area contributed by atoms with Crippen molar-refractivity contribution in [1.29, 1.82) is 0 Å². The molecule has 0 aromatic heterocycles. The van der Waals surface area contributed by atoms with Gasteiger partial charge >= 0.3 is 0 Å². The van der Waals surface area contributed by atoms with Gasteiger partial charge in [-0.3, -0.25) is 14.9 Å². The summed E-state index contributed by atoms with van der Waals surface area (Å²) in [5.41, 5.74) is 4.41. The predicted molar refractivity (Wildman–Crippen MR) is 120 cm³/mol. The highest BCUT2D eigenvalue weighted by Gasteiger charge is 2.40. The topological polar surface area (TPSA) is 84.3 Å². The third-order valence-corrected chi connectivity index (χ3v) is 6.00. The Labute approximate surface area is 179 Å². The summed E-state index contributed by atoms with van der Waals surface area (Å²) < 4.78 is 0. The first kappa shape index (κ1) is 19.1. The van der Waals surface area contributed by atoms with Crippen LogP contribution in [-0.4, -0.2) is 10.7 Å². The minimum Gasteiger partial charge on any atom is -0.375 e. The molecule has 3 aromatic carbocycles. The fourth-order valence-electron chi connectivity index (χ4n) is 4.53. The van der Waals surface area contributed by atoms with E-state index in [1.54, 1.807) is 12.1 Å². The Hall–Kier alpha value is -3.93. The molecule has 31 heavy (non-hydrogen) atoms. The summed E-state index contributed by atoms with van der Waals surface area (Å²) in [5, 5.41) is 18.3. The molecule has 1 aliphatic heterocycles. The van der Waals surface area contributed by atoms with Gasteiger partial charge in [-0.05, 0) is 23.3 Å². The molecule has 0 bridgehead atoms. The van der Waals surface area contributed by atoms with E-state index < -0.39 is 16.9 Å². The zero-order valence-corrected chi connectivity index (χ0v) is 16.7. The molecule has 1 heterocycles. The molecular formula is C25H21N3O3. The lowest BCUT2D eigenvalue weighted by atomic mass is 9.76. The van der Waals surface area contributed by atoms with E-state index in [4.69, 9.17) is 0 Å². The normalized spacial score (nSPS) is 22.1. The first-order valence-corrected chi connectivity index (χ1v) is 10.3. The van der Waals surface area contributed by atoms with Crippen LogP contribution < -0.4 is 10.6 Å². The van der Waals surface area contributed by atoms with Crippen LogP contribution in [-0.2, 0) is 4.79 Å². The second-order valence-electron chi connectivity index (χ2n) is 7.93. The number of nitrogens with one attached hydrogen (secondary N) is 2. The smallest absolute Gasteiger partial charge is 0.269 e. The van der Waals surface area contributed by atoms with Crippen molar-refractivity contribution in [3.63, 3.8) is 0 Å². The van der Waals surface area contributed by atoms with Crippen molar-refractivity contribution >= 4 is 22.8 Å². The number of fused-ring (bicyclic) bond motifs is 2. The number of carbonyl (C=O) groups excluding carboxylic acids is 1. The lowest BCUT2D eigenvalue weighted by Crippen LogP contribution is -2.33. The second kappa shape index (κ2) is 7.72. The van der Waals surface area contributed by atoms with Crippen molar-refractivity contribution in [1.82, 2.24) is 0 Å². The monoisotopic (exact) mass is 411 g/mol. The van der Waals surface area contributed by atoms with Crippen LogP contribution in [0.25, 0.3) is 0 Å². The minimum absolute atomic E-state index is 0.0107. The van der Waals surface area contributed by atoms with Crippen LogP contribution in [0.3, 0.4) is 0 Å². The summed E-state index contributed by atoms with van der Waals surface area (Å²) in [4.78, 5) is 24.4. The van der Waals surface area contributed by atoms with Crippen LogP contribution >= 0.6 is 0 Å². The van der Waals surface area contributed by atoms with Gasteiger partial charge in [-0.2, -0.15) is 0 Å². The summed E-state index contributed by atoms with van der Waals surface area (Å²) in [6.07, 6.45) is 2.53.